The minimum Gasteiger partial charge on any atom is -0.478 e. The third kappa shape index (κ3) is 3.44. The van der Waals surface area contributed by atoms with E-state index < -0.39 is 5.97 Å². The molecular formula is C34H48O3. The van der Waals surface area contributed by atoms with Crippen molar-refractivity contribution in [2.45, 2.75) is 98.8 Å². The molecule has 3 heteroatoms. The Bertz CT molecular complexity index is 1130. The van der Waals surface area contributed by atoms with Gasteiger partial charge in [-0.2, -0.15) is 0 Å². The van der Waals surface area contributed by atoms with Gasteiger partial charge >= 0.3 is 5.97 Å². The van der Waals surface area contributed by atoms with Gasteiger partial charge in [0.15, 0.2) is 0 Å². The van der Waals surface area contributed by atoms with Crippen molar-refractivity contribution in [2.24, 2.45) is 51.2 Å². The third-order valence-electron chi connectivity index (χ3n) is 13.3. The molecule has 0 heterocycles. The van der Waals surface area contributed by atoms with Gasteiger partial charge < -0.3 is 10.2 Å². The van der Waals surface area contributed by atoms with Crippen LogP contribution in [0.2, 0.25) is 0 Å². The second-order valence-corrected chi connectivity index (χ2v) is 14.9. The number of fused-ring (bicyclic) bond motifs is 7. The number of aliphatic hydroxyl groups excluding tert-OH is 1. The Morgan fingerprint density at radius 3 is 2.41 bits per heavy atom. The lowest BCUT2D eigenvalue weighted by Gasteiger charge is -2.68. The van der Waals surface area contributed by atoms with Crippen LogP contribution in [0.25, 0.3) is 5.57 Å². The van der Waals surface area contributed by atoms with Crippen LogP contribution >= 0.6 is 0 Å². The van der Waals surface area contributed by atoms with Gasteiger partial charge in [0.2, 0.25) is 0 Å². The molecule has 0 radical (unpaired) electrons. The predicted octanol–water partition coefficient (Wildman–Crippen LogP) is 8.14. The lowest BCUT2D eigenvalue weighted by molar-refractivity contribution is -0.181. The maximum absolute atomic E-state index is 11.5. The number of aromatic carboxylic acids is 1. The Hall–Kier alpha value is -1.61. The quantitative estimate of drug-likeness (QED) is 0.437. The number of carboxylic acid groups (broad SMARTS) is 1. The zero-order valence-electron chi connectivity index (χ0n) is 23.8. The molecule has 0 aromatic heterocycles. The number of hydrogen-bond acceptors (Lipinski definition) is 2. The molecule has 5 aliphatic carbocycles. The zero-order chi connectivity index (χ0) is 26.4. The molecule has 5 aliphatic rings. The number of carbonyl (C=O) groups is 1. The number of rotatable bonds is 3. The third-order valence-corrected chi connectivity index (χ3v) is 13.3. The number of allylic oxidation sites excluding steroid dienone is 2. The highest BCUT2D eigenvalue weighted by Crippen LogP contribution is 2.73. The monoisotopic (exact) mass is 504 g/mol. The molecular weight excluding hydrogens is 456 g/mol. The van der Waals surface area contributed by atoms with Gasteiger partial charge in [-0.3, -0.25) is 0 Å². The first-order valence-corrected chi connectivity index (χ1v) is 15.1. The predicted molar refractivity (Wildman–Crippen MR) is 149 cm³/mol. The first kappa shape index (κ1) is 25.7. The van der Waals surface area contributed by atoms with Crippen molar-refractivity contribution in [1.29, 1.82) is 0 Å². The van der Waals surface area contributed by atoms with Crippen molar-refractivity contribution in [3.8, 4) is 0 Å². The summed E-state index contributed by atoms with van der Waals surface area (Å²) in [7, 11) is 0. The standard InChI is InChI=1S/C34H48O3/c1-21-19-22(30(36)37)8-9-23(21)25-12-16-33(5)28(31(25,2)3)14-17-32(4)26-13-18-34(20-35)15-6-7-27(34)24(26)10-11-29(32)33/h8-9,12,19,24,26-29,35H,6-7,10-11,13-18,20H2,1-5H3,(H,36,37)/t24-,26?,27?,28?,29?,32-,33-,34+/m0/s1. The SMILES string of the molecule is Cc1cc(C(=O)O)ccc1C1=CC[C@@]2(C)C(CC[C@@]3(C)C4CC[C@@]5(CO)CCCC5[C@H]4CCC32)C1(C)C. The molecule has 0 aliphatic heterocycles. The highest BCUT2D eigenvalue weighted by molar-refractivity contribution is 5.89. The summed E-state index contributed by atoms with van der Waals surface area (Å²) in [6.45, 7) is 12.7. The normalized spacial score (nSPS) is 44.2. The number of aliphatic hydroxyl groups is 1. The largest absolute Gasteiger partial charge is 0.478 e. The zero-order valence-corrected chi connectivity index (χ0v) is 23.8. The Labute approximate surface area is 224 Å². The van der Waals surface area contributed by atoms with Crippen LogP contribution in [0.5, 0.6) is 0 Å². The van der Waals surface area contributed by atoms with Crippen LogP contribution in [-0.4, -0.2) is 22.8 Å². The van der Waals surface area contributed by atoms with Gasteiger partial charge in [0.25, 0.3) is 0 Å². The van der Waals surface area contributed by atoms with Crippen LogP contribution in [0.3, 0.4) is 0 Å². The molecule has 0 saturated heterocycles. The average Bonchev–Trinajstić information content (AvgIpc) is 3.29. The summed E-state index contributed by atoms with van der Waals surface area (Å²) in [4.78, 5) is 11.5. The van der Waals surface area contributed by atoms with E-state index in [1.165, 1.54) is 68.9 Å². The first-order chi connectivity index (χ1) is 17.5. The summed E-state index contributed by atoms with van der Waals surface area (Å²) in [6, 6.07) is 5.69. The van der Waals surface area contributed by atoms with Crippen LogP contribution in [0.1, 0.15) is 113 Å². The van der Waals surface area contributed by atoms with Crippen LogP contribution in [0.15, 0.2) is 24.3 Å². The molecule has 4 fully saturated rings. The van der Waals surface area contributed by atoms with Crippen LogP contribution in [0.4, 0.5) is 0 Å². The molecule has 6 rings (SSSR count). The van der Waals surface area contributed by atoms with E-state index in [0.29, 0.717) is 28.9 Å². The molecule has 3 nitrogen and oxygen atoms in total. The minimum absolute atomic E-state index is 0.0603. The molecule has 202 valence electrons. The lowest BCUT2D eigenvalue weighted by atomic mass is 9.36. The van der Waals surface area contributed by atoms with Gasteiger partial charge in [-0.15, -0.1) is 0 Å². The van der Waals surface area contributed by atoms with Gasteiger partial charge in [0, 0.05) is 6.61 Å². The molecule has 0 bridgehead atoms. The smallest absolute Gasteiger partial charge is 0.335 e. The van der Waals surface area contributed by atoms with Gasteiger partial charge in [-0.25, -0.2) is 4.79 Å². The molecule has 0 spiro atoms. The minimum atomic E-state index is -0.849. The molecule has 37 heavy (non-hydrogen) atoms. The fraction of sp³-hybridized carbons (Fsp3) is 0.735. The summed E-state index contributed by atoms with van der Waals surface area (Å²) in [5.74, 6) is 2.95. The summed E-state index contributed by atoms with van der Waals surface area (Å²) in [6.07, 6.45) is 15.5. The second-order valence-electron chi connectivity index (χ2n) is 14.9. The number of carboxylic acids is 1. The molecule has 4 unspecified atom stereocenters. The molecule has 0 amide bonds. The van der Waals surface area contributed by atoms with Crippen molar-refractivity contribution in [3.05, 3.63) is 41.0 Å². The summed E-state index contributed by atoms with van der Waals surface area (Å²) >= 11 is 0. The van der Waals surface area contributed by atoms with Crippen LogP contribution < -0.4 is 0 Å². The van der Waals surface area contributed by atoms with E-state index in [0.717, 1.165) is 35.7 Å². The van der Waals surface area contributed by atoms with Crippen molar-refractivity contribution in [3.63, 3.8) is 0 Å². The van der Waals surface area contributed by atoms with Crippen molar-refractivity contribution in [2.75, 3.05) is 6.61 Å². The van der Waals surface area contributed by atoms with Crippen molar-refractivity contribution >= 4 is 11.5 Å². The lowest BCUT2D eigenvalue weighted by Crippen LogP contribution is -2.61. The molecule has 1 aromatic rings. The molecule has 2 N–H and O–H groups in total. The van der Waals surface area contributed by atoms with E-state index in [4.69, 9.17) is 0 Å². The number of aryl methyl sites for hydroxylation is 1. The molecule has 8 atom stereocenters. The van der Waals surface area contributed by atoms with Gasteiger partial charge in [0.1, 0.15) is 0 Å². The summed E-state index contributed by atoms with van der Waals surface area (Å²) in [5, 5.41) is 19.9. The highest BCUT2D eigenvalue weighted by atomic mass is 16.4. The van der Waals surface area contributed by atoms with E-state index in [1.54, 1.807) is 6.07 Å². The molecule has 1 aromatic carbocycles. The Balaban J connectivity index is 1.33. The Morgan fingerprint density at radius 2 is 1.70 bits per heavy atom. The highest BCUT2D eigenvalue weighted by Gasteiger charge is 2.65. The van der Waals surface area contributed by atoms with E-state index >= 15 is 0 Å². The van der Waals surface area contributed by atoms with Crippen LogP contribution in [0, 0.1) is 58.2 Å². The van der Waals surface area contributed by atoms with Gasteiger partial charge in [-0.05, 0) is 145 Å². The fourth-order valence-corrected chi connectivity index (χ4v) is 11.8. The number of benzene rings is 1. The van der Waals surface area contributed by atoms with Crippen molar-refractivity contribution < 1.29 is 15.0 Å². The van der Waals surface area contributed by atoms with E-state index in [1.807, 2.05) is 6.07 Å². The number of hydrogen-bond donors (Lipinski definition) is 2. The van der Waals surface area contributed by atoms with Gasteiger partial charge in [-0.1, -0.05) is 46.3 Å². The maximum atomic E-state index is 11.5. The summed E-state index contributed by atoms with van der Waals surface area (Å²) in [5.41, 5.74) is 5.15. The molecule has 4 saturated carbocycles. The van der Waals surface area contributed by atoms with Crippen LogP contribution in [-0.2, 0) is 0 Å². The topological polar surface area (TPSA) is 57.5 Å². The van der Waals surface area contributed by atoms with E-state index in [9.17, 15) is 15.0 Å². The second kappa shape index (κ2) is 8.44. The van der Waals surface area contributed by atoms with E-state index in [-0.39, 0.29) is 10.8 Å². The Morgan fingerprint density at radius 1 is 0.919 bits per heavy atom. The average molecular weight is 505 g/mol. The van der Waals surface area contributed by atoms with Gasteiger partial charge in [0.05, 0.1) is 5.56 Å². The first-order valence-electron chi connectivity index (χ1n) is 15.1. The fourth-order valence-electron chi connectivity index (χ4n) is 11.8. The maximum Gasteiger partial charge on any atom is 0.335 e. The van der Waals surface area contributed by atoms with E-state index in [2.05, 4.69) is 46.8 Å². The summed E-state index contributed by atoms with van der Waals surface area (Å²) < 4.78 is 0. The van der Waals surface area contributed by atoms with Crippen molar-refractivity contribution in [1.82, 2.24) is 0 Å². The Kier molecular flexibility index (Phi) is 5.85.